The van der Waals surface area contributed by atoms with Crippen molar-refractivity contribution in [2.45, 2.75) is 32.7 Å². The summed E-state index contributed by atoms with van der Waals surface area (Å²) in [5.41, 5.74) is 1.17. The molecule has 0 radical (unpaired) electrons. The van der Waals surface area contributed by atoms with Crippen LogP contribution in [-0.4, -0.2) is 16.1 Å². The Labute approximate surface area is 123 Å². The monoisotopic (exact) mass is 297 g/mol. The Balaban J connectivity index is 2.08. The van der Waals surface area contributed by atoms with E-state index in [0.717, 1.165) is 30.2 Å². The Morgan fingerprint density at radius 1 is 1.53 bits per heavy atom. The van der Waals surface area contributed by atoms with E-state index in [1.54, 1.807) is 11.3 Å². The van der Waals surface area contributed by atoms with Gasteiger partial charge in [0.15, 0.2) is 0 Å². The molecule has 0 fully saturated rings. The number of rotatable bonds is 6. The fraction of sp³-hybridized carbons (Fsp3) is 0.500. The third-order valence-electron chi connectivity index (χ3n) is 3.27. The summed E-state index contributed by atoms with van der Waals surface area (Å²) in [6.45, 7) is 5.13. The summed E-state index contributed by atoms with van der Waals surface area (Å²) < 4.78 is 2.07. The normalized spacial score (nSPS) is 12.8. The maximum absolute atomic E-state index is 6.38. The van der Waals surface area contributed by atoms with Crippen LogP contribution >= 0.6 is 22.9 Å². The van der Waals surface area contributed by atoms with Crippen molar-refractivity contribution in [3.63, 3.8) is 0 Å². The van der Waals surface area contributed by atoms with Crippen molar-refractivity contribution in [2.75, 3.05) is 6.54 Å². The van der Waals surface area contributed by atoms with E-state index in [9.17, 15) is 0 Å². The highest BCUT2D eigenvalue weighted by molar-refractivity contribution is 7.10. The smallest absolute Gasteiger partial charge is 0.108 e. The van der Waals surface area contributed by atoms with Gasteiger partial charge in [0, 0.05) is 36.8 Å². The van der Waals surface area contributed by atoms with E-state index in [-0.39, 0.29) is 0 Å². The zero-order chi connectivity index (χ0) is 13.8. The molecule has 0 aliphatic heterocycles. The molecule has 0 aromatic carbocycles. The van der Waals surface area contributed by atoms with E-state index in [1.165, 1.54) is 10.4 Å². The van der Waals surface area contributed by atoms with E-state index in [2.05, 4.69) is 34.1 Å². The Bertz CT molecular complexity index is 533. The highest BCUT2D eigenvalue weighted by atomic mass is 35.5. The summed E-state index contributed by atoms with van der Waals surface area (Å²) in [7, 11) is 2.03. The molecule has 0 amide bonds. The van der Waals surface area contributed by atoms with Crippen molar-refractivity contribution in [3.8, 4) is 0 Å². The summed E-state index contributed by atoms with van der Waals surface area (Å²) >= 11 is 8.12. The van der Waals surface area contributed by atoms with Crippen molar-refractivity contribution < 1.29 is 0 Å². The van der Waals surface area contributed by atoms with E-state index < -0.39 is 0 Å². The minimum atomic E-state index is 0.313. The summed E-state index contributed by atoms with van der Waals surface area (Å²) in [6.07, 6.45) is 5.80. The average Bonchev–Trinajstić information content (AvgIpc) is 2.94. The highest BCUT2D eigenvalue weighted by Gasteiger charge is 2.17. The molecule has 0 bridgehead atoms. The number of hydrogen-bond acceptors (Lipinski definition) is 3. The van der Waals surface area contributed by atoms with Crippen molar-refractivity contribution >= 4 is 22.9 Å². The first-order valence-electron chi connectivity index (χ1n) is 6.56. The lowest BCUT2D eigenvalue weighted by atomic mass is 10.1. The Hall–Kier alpha value is -0.840. The molecule has 0 spiro atoms. The van der Waals surface area contributed by atoms with E-state index in [1.807, 2.05) is 19.4 Å². The molecule has 2 aromatic rings. The zero-order valence-corrected chi connectivity index (χ0v) is 13.2. The zero-order valence-electron chi connectivity index (χ0n) is 11.6. The highest BCUT2D eigenvalue weighted by Crippen LogP contribution is 2.34. The maximum Gasteiger partial charge on any atom is 0.108 e. The first kappa shape index (κ1) is 14.6. The number of nitrogens with zero attached hydrogens (tertiary/aromatic N) is 2. The molecule has 1 unspecified atom stereocenters. The molecule has 3 nitrogen and oxygen atoms in total. The van der Waals surface area contributed by atoms with Gasteiger partial charge in [-0.15, -0.1) is 11.3 Å². The van der Waals surface area contributed by atoms with Crippen molar-refractivity contribution in [3.05, 3.63) is 39.1 Å². The Morgan fingerprint density at radius 3 is 2.84 bits per heavy atom. The van der Waals surface area contributed by atoms with Crippen molar-refractivity contribution in [1.82, 2.24) is 14.9 Å². The maximum atomic E-state index is 6.38. The first-order valence-corrected chi connectivity index (χ1v) is 7.82. The van der Waals surface area contributed by atoms with Crippen molar-refractivity contribution in [1.29, 1.82) is 0 Å². The second-order valence-electron chi connectivity index (χ2n) is 4.70. The molecule has 0 aliphatic carbocycles. The molecule has 5 heteroatoms. The third kappa shape index (κ3) is 3.38. The standard InChI is InChI=1S/C14H20ClN3S/c1-4-16-11(14-13(15)10(2)9-19-14)5-6-12-17-7-8-18(12)3/h7-9,11,16H,4-6H2,1-3H3. The number of aromatic nitrogens is 2. The summed E-state index contributed by atoms with van der Waals surface area (Å²) in [6, 6.07) is 0.313. The molecular formula is C14H20ClN3S. The molecule has 0 aliphatic rings. The Kier molecular flexibility index (Phi) is 5.02. The van der Waals surface area contributed by atoms with Crippen LogP contribution in [0.4, 0.5) is 0 Å². The first-order chi connectivity index (χ1) is 9.13. The van der Waals surface area contributed by atoms with Crippen LogP contribution in [0.1, 0.15) is 35.7 Å². The number of imidazole rings is 1. The number of hydrogen-bond donors (Lipinski definition) is 1. The lowest BCUT2D eigenvalue weighted by Gasteiger charge is -2.17. The van der Waals surface area contributed by atoms with Gasteiger partial charge in [0.2, 0.25) is 0 Å². The van der Waals surface area contributed by atoms with Crippen LogP contribution in [0.2, 0.25) is 5.02 Å². The predicted octanol–water partition coefficient (Wildman–Crippen LogP) is 3.73. The number of nitrogens with one attached hydrogen (secondary N) is 1. The van der Waals surface area contributed by atoms with Crippen LogP contribution in [0.3, 0.4) is 0 Å². The van der Waals surface area contributed by atoms with Crippen LogP contribution in [-0.2, 0) is 13.5 Å². The van der Waals surface area contributed by atoms with E-state index >= 15 is 0 Å². The largest absolute Gasteiger partial charge is 0.338 e. The quantitative estimate of drug-likeness (QED) is 0.880. The molecule has 1 N–H and O–H groups in total. The second-order valence-corrected chi connectivity index (χ2v) is 5.99. The molecule has 2 aromatic heterocycles. The molecule has 2 rings (SSSR count). The van der Waals surface area contributed by atoms with E-state index in [0.29, 0.717) is 6.04 Å². The third-order valence-corrected chi connectivity index (χ3v) is 5.10. The van der Waals surface area contributed by atoms with Gasteiger partial charge < -0.3 is 9.88 Å². The van der Waals surface area contributed by atoms with Crippen LogP contribution in [0, 0.1) is 6.92 Å². The predicted molar refractivity (Wildman–Crippen MR) is 82.0 cm³/mol. The van der Waals surface area contributed by atoms with Crippen LogP contribution in [0.25, 0.3) is 0 Å². The van der Waals surface area contributed by atoms with Gasteiger partial charge in [-0.3, -0.25) is 0 Å². The van der Waals surface area contributed by atoms with Crippen LogP contribution in [0.5, 0.6) is 0 Å². The SMILES string of the molecule is CCNC(CCc1nccn1C)c1scc(C)c1Cl. The fourth-order valence-corrected chi connectivity index (χ4v) is 3.60. The van der Waals surface area contributed by atoms with Crippen LogP contribution < -0.4 is 5.32 Å². The molecule has 2 heterocycles. The summed E-state index contributed by atoms with van der Waals surface area (Å²) in [5.74, 6) is 1.12. The van der Waals surface area contributed by atoms with Gasteiger partial charge in [-0.2, -0.15) is 0 Å². The average molecular weight is 298 g/mol. The Morgan fingerprint density at radius 2 is 2.32 bits per heavy atom. The molecule has 1 atom stereocenters. The summed E-state index contributed by atoms with van der Waals surface area (Å²) in [5, 5.41) is 6.56. The van der Waals surface area contributed by atoms with Crippen molar-refractivity contribution in [2.24, 2.45) is 7.05 Å². The van der Waals surface area contributed by atoms with Gasteiger partial charge in [-0.1, -0.05) is 18.5 Å². The van der Waals surface area contributed by atoms with Gasteiger partial charge >= 0.3 is 0 Å². The lowest BCUT2D eigenvalue weighted by Crippen LogP contribution is -2.21. The van der Waals surface area contributed by atoms with Gasteiger partial charge in [0.25, 0.3) is 0 Å². The topological polar surface area (TPSA) is 29.9 Å². The lowest BCUT2D eigenvalue weighted by molar-refractivity contribution is 0.513. The molecule has 0 saturated carbocycles. The molecular weight excluding hydrogens is 278 g/mol. The fourth-order valence-electron chi connectivity index (χ4n) is 2.17. The number of halogens is 1. The van der Waals surface area contributed by atoms with Gasteiger partial charge in [-0.05, 0) is 30.8 Å². The molecule has 19 heavy (non-hydrogen) atoms. The number of thiophene rings is 1. The minimum absolute atomic E-state index is 0.313. The van der Waals surface area contributed by atoms with Gasteiger partial charge in [0.1, 0.15) is 5.82 Å². The van der Waals surface area contributed by atoms with E-state index in [4.69, 9.17) is 11.6 Å². The summed E-state index contributed by atoms with van der Waals surface area (Å²) in [4.78, 5) is 5.62. The second kappa shape index (κ2) is 6.55. The van der Waals surface area contributed by atoms with Crippen LogP contribution in [0.15, 0.2) is 17.8 Å². The number of aryl methyl sites for hydroxylation is 3. The minimum Gasteiger partial charge on any atom is -0.338 e. The molecule has 104 valence electrons. The van der Waals surface area contributed by atoms with Gasteiger partial charge in [-0.25, -0.2) is 4.98 Å². The van der Waals surface area contributed by atoms with Gasteiger partial charge in [0.05, 0.1) is 5.02 Å². The molecule has 0 saturated heterocycles.